The second kappa shape index (κ2) is 4.52. The summed E-state index contributed by atoms with van der Waals surface area (Å²) in [4.78, 5) is 2.14. The lowest BCUT2D eigenvalue weighted by Gasteiger charge is -2.46. The van der Waals surface area contributed by atoms with Crippen molar-refractivity contribution in [2.24, 2.45) is 0 Å². The topological polar surface area (TPSA) is 41.5 Å². The molecule has 3 heterocycles. The maximum atomic E-state index is 13.9. The number of hydrogen-bond acceptors (Lipinski definition) is 4. The van der Waals surface area contributed by atoms with Crippen molar-refractivity contribution in [3.63, 3.8) is 0 Å². The summed E-state index contributed by atoms with van der Waals surface area (Å²) in [6.45, 7) is 5.26. The Morgan fingerprint density at radius 2 is 2.16 bits per heavy atom. The van der Waals surface area contributed by atoms with Gasteiger partial charge in [-0.15, -0.1) is 11.3 Å². The minimum atomic E-state index is -1.49. The number of piperidine rings is 1. The fourth-order valence-corrected chi connectivity index (χ4v) is 4.39. The third kappa shape index (κ3) is 1.95. The molecule has 0 amide bonds. The lowest BCUT2D eigenvalue weighted by atomic mass is 9.79. The number of halogens is 1. The van der Waals surface area contributed by atoms with Crippen LogP contribution < -0.4 is 5.32 Å². The molecule has 0 saturated carbocycles. The van der Waals surface area contributed by atoms with Gasteiger partial charge in [-0.2, -0.15) is 0 Å². The zero-order valence-electron chi connectivity index (χ0n) is 11.3. The predicted molar refractivity (Wildman–Crippen MR) is 73.3 cm³/mol. The van der Waals surface area contributed by atoms with E-state index in [0.29, 0.717) is 0 Å². The summed E-state index contributed by atoms with van der Waals surface area (Å²) in [5.41, 5.74) is -1.06. The predicted octanol–water partition coefficient (Wildman–Crippen LogP) is 2.21. The average Bonchev–Trinajstić information content (AvgIpc) is 2.79. The standard InChI is InChI=1S/C14H20FNO2S/c1-9-7-11-12(19-9)13(3-5-16-6-4-13)18-8-14(11,17)10(2)15/h7,10,16-17H,3-6,8H2,1-2H3. The van der Waals surface area contributed by atoms with Crippen LogP contribution >= 0.6 is 11.3 Å². The maximum absolute atomic E-state index is 13.9. The number of rotatable bonds is 1. The molecule has 1 aromatic rings. The number of hydrogen-bond donors (Lipinski definition) is 2. The van der Waals surface area contributed by atoms with E-state index in [4.69, 9.17) is 4.74 Å². The van der Waals surface area contributed by atoms with Crippen LogP contribution in [0.1, 0.15) is 35.1 Å². The molecule has 2 unspecified atom stereocenters. The molecule has 2 atom stereocenters. The molecule has 1 saturated heterocycles. The Morgan fingerprint density at radius 1 is 1.47 bits per heavy atom. The van der Waals surface area contributed by atoms with Crippen LogP contribution in [0.3, 0.4) is 0 Å². The summed E-state index contributed by atoms with van der Waals surface area (Å²) < 4.78 is 19.9. The highest BCUT2D eigenvalue weighted by Crippen LogP contribution is 2.50. The van der Waals surface area contributed by atoms with Crippen LogP contribution in [-0.4, -0.2) is 31.0 Å². The zero-order chi connectivity index (χ0) is 13.7. The molecule has 0 aromatic carbocycles. The molecule has 1 spiro atoms. The molecule has 0 aliphatic carbocycles. The van der Waals surface area contributed by atoms with Crippen molar-refractivity contribution in [3.05, 3.63) is 21.4 Å². The number of ether oxygens (including phenoxy) is 1. The van der Waals surface area contributed by atoms with Crippen molar-refractivity contribution < 1.29 is 14.2 Å². The number of nitrogens with one attached hydrogen (secondary N) is 1. The van der Waals surface area contributed by atoms with Crippen molar-refractivity contribution in [1.29, 1.82) is 0 Å². The van der Waals surface area contributed by atoms with Crippen LogP contribution in [0, 0.1) is 6.92 Å². The van der Waals surface area contributed by atoms with Crippen molar-refractivity contribution >= 4 is 11.3 Å². The van der Waals surface area contributed by atoms with Crippen molar-refractivity contribution in [3.8, 4) is 0 Å². The minimum absolute atomic E-state index is 0.0494. The molecule has 2 N–H and O–H groups in total. The molecule has 5 heteroatoms. The van der Waals surface area contributed by atoms with E-state index >= 15 is 0 Å². The Kier molecular flexibility index (Phi) is 3.21. The van der Waals surface area contributed by atoms with Crippen LogP contribution in [0.15, 0.2) is 6.07 Å². The van der Waals surface area contributed by atoms with Gasteiger partial charge in [0.25, 0.3) is 0 Å². The zero-order valence-corrected chi connectivity index (χ0v) is 12.1. The van der Waals surface area contributed by atoms with E-state index in [1.807, 2.05) is 13.0 Å². The molecule has 3 rings (SSSR count). The molecule has 1 fully saturated rings. The maximum Gasteiger partial charge on any atom is 0.145 e. The first-order valence-corrected chi connectivity index (χ1v) is 7.62. The first-order valence-electron chi connectivity index (χ1n) is 6.80. The Bertz CT molecular complexity index is 482. The van der Waals surface area contributed by atoms with Crippen LogP contribution in [0.4, 0.5) is 4.39 Å². The van der Waals surface area contributed by atoms with Crippen molar-refractivity contribution in [2.75, 3.05) is 19.7 Å². The largest absolute Gasteiger partial charge is 0.380 e. The second-order valence-corrected chi connectivity index (χ2v) is 6.93. The molecule has 2 aliphatic heterocycles. The molecule has 3 nitrogen and oxygen atoms in total. The quantitative estimate of drug-likeness (QED) is 0.831. The van der Waals surface area contributed by atoms with Crippen LogP contribution in [0.2, 0.25) is 0 Å². The lowest BCUT2D eigenvalue weighted by Crippen LogP contribution is -2.52. The van der Waals surface area contributed by atoms with Crippen LogP contribution in [0.25, 0.3) is 0 Å². The highest BCUT2D eigenvalue weighted by Gasteiger charge is 2.51. The Balaban J connectivity index is 2.10. The summed E-state index contributed by atoms with van der Waals surface area (Å²) in [5.74, 6) is 0. The van der Waals surface area contributed by atoms with E-state index in [-0.39, 0.29) is 12.2 Å². The Hall–Kier alpha value is -0.490. The van der Waals surface area contributed by atoms with Gasteiger partial charge in [-0.05, 0) is 45.8 Å². The van der Waals surface area contributed by atoms with Crippen molar-refractivity contribution in [1.82, 2.24) is 5.32 Å². The number of fused-ring (bicyclic) bond motifs is 2. The third-order valence-electron chi connectivity index (χ3n) is 4.37. The normalized spacial score (nSPS) is 31.2. The monoisotopic (exact) mass is 285 g/mol. The summed E-state index contributed by atoms with van der Waals surface area (Å²) >= 11 is 1.64. The van der Waals surface area contributed by atoms with Gasteiger partial charge in [-0.1, -0.05) is 0 Å². The van der Waals surface area contributed by atoms with Crippen LogP contribution in [0.5, 0.6) is 0 Å². The van der Waals surface area contributed by atoms with Gasteiger partial charge < -0.3 is 15.2 Å². The molecule has 2 aliphatic rings. The fraction of sp³-hybridized carbons (Fsp3) is 0.714. The van der Waals surface area contributed by atoms with Gasteiger partial charge in [0, 0.05) is 15.3 Å². The third-order valence-corrected chi connectivity index (χ3v) is 5.61. The summed E-state index contributed by atoms with van der Waals surface area (Å²) in [7, 11) is 0. The number of alkyl halides is 1. The van der Waals surface area contributed by atoms with E-state index < -0.39 is 11.8 Å². The van der Waals surface area contributed by atoms with E-state index in [0.717, 1.165) is 41.2 Å². The highest BCUT2D eigenvalue weighted by atomic mass is 32.1. The van der Waals surface area contributed by atoms with Gasteiger partial charge in [0.1, 0.15) is 17.4 Å². The Labute approximate surface area is 116 Å². The first-order chi connectivity index (χ1) is 8.98. The van der Waals surface area contributed by atoms with Gasteiger partial charge in [-0.3, -0.25) is 0 Å². The fourth-order valence-electron chi connectivity index (χ4n) is 3.10. The highest BCUT2D eigenvalue weighted by molar-refractivity contribution is 7.12. The SMILES string of the molecule is Cc1cc2c(s1)C1(CCNCC1)OCC2(O)C(C)F. The molecule has 106 valence electrons. The van der Waals surface area contributed by atoms with Gasteiger partial charge in [0.2, 0.25) is 0 Å². The first kappa shape index (κ1) is 13.5. The average molecular weight is 285 g/mol. The van der Waals surface area contributed by atoms with Gasteiger partial charge in [0.15, 0.2) is 0 Å². The molecule has 0 radical (unpaired) electrons. The molecule has 1 aromatic heterocycles. The van der Waals surface area contributed by atoms with Gasteiger partial charge in [-0.25, -0.2) is 4.39 Å². The van der Waals surface area contributed by atoms with Gasteiger partial charge >= 0.3 is 0 Å². The van der Waals surface area contributed by atoms with E-state index in [1.54, 1.807) is 11.3 Å². The van der Waals surface area contributed by atoms with E-state index in [9.17, 15) is 9.50 Å². The smallest absolute Gasteiger partial charge is 0.145 e. The number of thiophene rings is 1. The molecule has 19 heavy (non-hydrogen) atoms. The Morgan fingerprint density at radius 3 is 2.79 bits per heavy atom. The van der Waals surface area contributed by atoms with E-state index in [1.165, 1.54) is 6.92 Å². The van der Waals surface area contributed by atoms with Gasteiger partial charge in [0.05, 0.1) is 6.61 Å². The van der Waals surface area contributed by atoms with Crippen molar-refractivity contribution in [2.45, 2.75) is 44.1 Å². The second-order valence-electron chi connectivity index (χ2n) is 5.67. The summed E-state index contributed by atoms with van der Waals surface area (Å²) in [6, 6.07) is 1.93. The van der Waals surface area contributed by atoms with E-state index in [2.05, 4.69) is 5.32 Å². The molecule has 0 bridgehead atoms. The van der Waals surface area contributed by atoms with Crippen LogP contribution in [-0.2, 0) is 15.9 Å². The summed E-state index contributed by atoms with van der Waals surface area (Å²) in [5, 5.41) is 13.9. The number of aliphatic hydroxyl groups is 1. The number of aryl methyl sites for hydroxylation is 1. The summed E-state index contributed by atoms with van der Waals surface area (Å²) in [6.07, 6.45) is 0.437. The molecular weight excluding hydrogens is 265 g/mol. The molecular formula is C14H20FNO2S. The minimum Gasteiger partial charge on any atom is -0.380 e. The lowest BCUT2D eigenvalue weighted by molar-refractivity contribution is -0.176.